The fourth-order valence-corrected chi connectivity index (χ4v) is 1.64. The van der Waals surface area contributed by atoms with Crippen molar-refractivity contribution in [3.63, 3.8) is 0 Å². The van der Waals surface area contributed by atoms with Crippen LogP contribution in [0.2, 0.25) is 0 Å². The van der Waals surface area contributed by atoms with E-state index in [0.717, 1.165) is 11.3 Å². The highest BCUT2D eigenvalue weighted by atomic mass is 16.3. The summed E-state index contributed by atoms with van der Waals surface area (Å²) < 4.78 is 0. The molecule has 0 saturated carbocycles. The van der Waals surface area contributed by atoms with Crippen LogP contribution in [0.3, 0.4) is 0 Å². The van der Waals surface area contributed by atoms with Gasteiger partial charge in [-0.05, 0) is 38.6 Å². The smallest absolute Gasteiger partial charge is 0.225 e. The molecule has 1 amide bonds. The summed E-state index contributed by atoms with van der Waals surface area (Å²) in [5.74, 6) is -0.0360. The number of aliphatic hydroxyl groups excluding tert-OH is 1. The maximum atomic E-state index is 11.9. The van der Waals surface area contributed by atoms with Gasteiger partial charge in [0.15, 0.2) is 0 Å². The van der Waals surface area contributed by atoms with E-state index in [1.807, 2.05) is 50.1 Å². The average molecular weight is 279 g/mol. The second kappa shape index (κ2) is 7.38. The molecule has 4 N–H and O–H groups in total. The topological polar surface area (TPSA) is 78.6 Å². The lowest BCUT2D eigenvalue weighted by atomic mass is 10.1. The quantitative estimate of drug-likeness (QED) is 0.700. The molecule has 0 heterocycles. The maximum absolute atomic E-state index is 11.9. The van der Waals surface area contributed by atoms with Crippen LogP contribution in [0.1, 0.15) is 25.8 Å². The van der Waals surface area contributed by atoms with E-state index < -0.39 is 0 Å². The average Bonchev–Trinajstić information content (AvgIpc) is 2.45. The number of rotatable bonds is 7. The number of nitrogens with two attached hydrogens (primary N) is 1. The molecule has 5 nitrogen and oxygen atoms in total. The molecule has 0 bridgehead atoms. The van der Waals surface area contributed by atoms with Gasteiger partial charge >= 0.3 is 0 Å². The molecule has 20 heavy (non-hydrogen) atoms. The van der Waals surface area contributed by atoms with Gasteiger partial charge in [0, 0.05) is 30.7 Å². The number of hydrogen-bond donors (Lipinski definition) is 3. The molecule has 1 rings (SSSR count). The normalized spacial score (nSPS) is 11.7. The molecule has 0 unspecified atom stereocenters. The molecule has 0 radical (unpaired) electrons. The van der Waals surface area contributed by atoms with Crippen molar-refractivity contribution in [2.24, 2.45) is 5.73 Å². The zero-order chi connectivity index (χ0) is 15.2. The van der Waals surface area contributed by atoms with Gasteiger partial charge in [-0.1, -0.05) is 12.1 Å². The van der Waals surface area contributed by atoms with Crippen LogP contribution in [0.15, 0.2) is 24.3 Å². The number of benzene rings is 1. The molecule has 0 aliphatic rings. The standard InChI is InChI=1S/C15H25N3O2/c1-15(2,11-19)18(3)9-8-14(20)17-13-6-4-12(10-16)5-7-13/h4-7,19H,8-11,16H2,1-3H3,(H,17,20). The van der Waals surface area contributed by atoms with Gasteiger partial charge in [0.05, 0.1) is 6.61 Å². The Balaban J connectivity index is 2.43. The highest BCUT2D eigenvalue weighted by Crippen LogP contribution is 2.12. The SMILES string of the molecule is CN(CCC(=O)Nc1ccc(CN)cc1)C(C)(C)CO. The number of amides is 1. The van der Waals surface area contributed by atoms with Gasteiger partial charge in [-0.25, -0.2) is 0 Å². The Morgan fingerprint density at radius 2 is 1.95 bits per heavy atom. The molecular formula is C15H25N3O2. The summed E-state index contributed by atoms with van der Waals surface area (Å²) >= 11 is 0. The van der Waals surface area contributed by atoms with Gasteiger partial charge in [-0.3, -0.25) is 9.69 Å². The molecule has 0 aliphatic heterocycles. The van der Waals surface area contributed by atoms with Crippen molar-refractivity contribution in [2.75, 3.05) is 25.5 Å². The monoisotopic (exact) mass is 279 g/mol. The zero-order valence-corrected chi connectivity index (χ0v) is 12.5. The number of hydrogen-bond acceptors (Lipinski definition) is 4. The molecule has 0 atom stereocenters. The van der Waals surface area contributed by atoms with Crippen molar-refractivity contribution < 1.29 is 9.90 Å². The van der Waals surface area contributed by atoms with Crippen LogP contribution in [-0.4, -0.2) is 41.7 Å². The van der Waals surface area contributed by atoms with Gasteiger partial charge in [-0.15, -0.1) is 0 Å². The Morgan fingerprint density at radius 1 is 1.35 bits per heavy atom. The number of carbonyl (C=O) groups excluding carboxylic acids is 1. The molecule has 112 valence electrons. The van der Waals surface area contributed by atoms with E-state index >= 15 is 0 Å². The van der Waals surface area contributed by atoms with Crippen LogP contribution in [0, 0.1) is 0 Å². The molecule has 0 spiro atoms. The summed E-state index contributed by atoms with van der Waals surface area (Å²) in [5.41, 5.74) is 7.02. The van der Waals surface area contributed by atoms with Gasteiger partial charge in [0.25, 0.3) is 0 Å². The third-order valence-electron chi connectivity index (χ3n) is 3.57. The van der Waals surface area contributed by atoms with Gasteiger partial charge < -0.3 is 16.2 Å². The fraction of sp³-hybridized carbons (Fsp3) is 0.533. The largest absolute Gasteiger partial charge is 0.394 e. The van der Waals surface area contributed by atoms with Crippen LogP contribution >= 0.6 is 0 Å². The number of nitrogens with zero attached hydrogens (tertiary/aromatic N) is 1. The number of aliphatic hydroxyl groups is 1. The number of carbonyl (C=O) groups is 1. The zero-order valence-electron chi connectivity index (χ0n) is 12.5. The molecule has 0 fully saturated rings. The van der Waals surface area contributed by atoms with Crippen LogP contribution in [0.4, 0.5) is 5.69 Å². The van der Waals surface area contributed by atoms with E-state index in [-0.39, 0.29) is 18.1 Å². The second-order valence-corrected chi connectivity index (χ2v) is 5.59. The maximum Gasteiger partial charge on any atom is 0.225 e. The van der Waals surface area contributed by atoms with Crippen LogP contribution in [0.25, 0.3) is 0 Å². The first-order chi connectivity index (χ1) is 9.39. The van der Waals surface area contributed by atoms with E-state index in [1.54, 1.807) is 0 Å². The van der Waals surface area contributed by atoms with Crippen LogP contribution in [0.5, 0.6) is 0 Å². The third-order valence-corrected chi connectivity index (χ3v) is 3.57. The number of likely N-dealkylation sites (N-methyl/N-ethyl adjacent to an activating group) is 1. The lowest BCUT2D eigenvalue weighted by molar-refractivity contribution is -0.116. The highest BCUT2D eigenvalue weighted by Gasteiger charge is 2.22. The predicted octanol–water partition coefficient (Wildman–Crippen LogP) is 1.18. The molecule has 1 aromatic rings. The molecular weight excluding hydrogens is 254 g/mol. The first-order valence-corrected chi connectivity index (χ1v) is 6.80. The van der Waals surface area contributed by atoms with E-state index in [9.17, 15) is 9.90 Å². The van der Waals surface area contributed by atoms with E-state index in [4.69, 9.17) is 5.73 Å². The minimum atomic E-state index is -0.316. The molecule has 0 aliphatic carbocycles. The molecule has 0 aromatic heterocycles. The Hall–Kier alpha value is -1.43. The van der Waals surface area contributed by atoms with E-state index in [1.165, 1.54) is 0 Å². The van der Waals surface area contributed by atoms with Crippen molar-refractivity contribution in [3.8, 4) is 0 Å². The summed E-state index contributed by atoms with van der Waals surface area (Å²) in [5, 5.41) is 12.1. The predicted molar refractivity (Wildman–Crippen MR) is 81.4 cm³/mol. The fourth-order valence-electron chi connectivity index (χ4n) is 1.64. The van der Waals surface area contributed by atoms with Gasteiger partial charge in [0.1, 0.15) is 0 Å². The molecule has 1 aromatic carbocycles. The Kier molecular flexibility index (Phi) is 6.13. The van der Waals surface area contributed by atoms with E-state index in [0.29, 0.717) is 19.5 Å². The molecule has 5 heteroatoms. The van der Waals surface area contributed by atoms with E-state index in [2.05, 4.69) is 5.32 Å². The summed E-state index contributed by atoms with van der Waals surface area (Å²) in [4.78, 5) is 13.8. The Morgan fingerprint density at radius 3 is 2.45 bits per heavy atom. The van der Waals surface area contributed by atoms with Crippen molar-refractivity contribution in [1.82, 2.24) is 4.90 Å². The second-order valence-electron chi connectivity index (χ2n) is 5.59. The van der Waals surface area contributed by atoms with Crippen molar-refractivity contribution >= 4 is 11.6 Å². The van der Waals surface area contributed by atoms with Crippen molar-refractivity contribution in [2.45, 2.75) is 32.4 Å². The van der Waals surface area contributed by atoms with Crippen LogP contribution < -0.4 is 11.1 Å². The summed E-state index contributed by atoms with van der Waals surface area (Å²) in [6.45, 7) is 5.04. The van der Waals surface area contributed by atoms with Crippen molar-refractivity contribution in [1.29, 1.82) is 0 Å². The summed E-state index contributed by atoms with van der Waals surface area (Å²) in [6, 6.07) is 7.50. The lowest BCUT2D eigenvalue weighted by Gasteiger charge is -2.33. The minimum Gasteiger partial charge on any atom is -0.394 e. The summed E-state index contributed by atoms with van der Waals surface area (Å²) in [6.07, 6.45) is 0.387. The first-order valence-electron chi connectivity index (χ1n) is 6.80. The highest BCUT2D eigenvalue weighted by molar-refractivity contribution is 5.90. The number of nitrogens with one attached hydrogen (secondary N) is 1. The first kappa shape index (κ1) is 16.6. The van der Waals surface area contributed by atoms with Gasteiger partial charge in [0.2, 0.25) is 5.91 Å². The Bertz CT molecular complexity index is 429. The number of anilines is 1. The summed E-state index contributed by atoms with van der Waals surface area (Å²) in [7, 11) is 1.90. The Labute approximate surface area is 120 Å². The van der Waals surface area contributed by atoms with Gasteiger partial charge in [-0.2, -0.15) is 0 Å². The minimum absolute atomic E-state index is 0.0360. The lowest BCUT2D eigenvalue weighted by Crippen LogP contribution is -2.45. The van der Waals surface area contributed by atoms with Crippen molar-refractivity contribution in [3.05, 3.63) is 29.8 Å². The third kappa shape index (κ3) is 4.92. The van der Waals surface area contributed by atoms with Crippen LogP contribution in [-0.2, 0) is 11.3 Å². The molecule has 0 saturated heterocycles.